The summed E-state index contributed by atoms with van der Waals surface area (Å²) in [5.41, 5.74) is 1.52. The third-order valence-corrected chi connectivity index (χ3v) is 3.97. The molecule has 2 aromatic carbocycles. The van der Waals surface area contributed by atoms with Crippen molar-refractivity contribution in [3.8, 4) is 5.75 Å². The lowest BCUT2D eigenvalue weighted by Gasteiger charge is -2.08. The fourth-order valence-electron chi connectivity index (χ4n) is 2.11. The SMILES string of the molecule is CCOc1ccc(CCC(=O)Nc2ccc([N+](=O)[O-])cc2Br)cc1. The van der Waals surface area contributed by atoms with E-state index in [0.717, 1.165) is 11.3 Å². The highest BCUT2D eigenvalue weighted by atomic mass is 79.9. The number of carbonyl (C=O) groups is 1. The van der Waals surface area contributed by atoms with Gasteiger partial charge in [0.05, 0.1) is 17.2 Å². The summed E-state index contributed by atoms with van der Waals surface area (Å²) in [5.74, 6) is 0.652. The van der Waals surface area contributed by atoms with Crippen LogP contribution in [0.25, 0.3) is 0 Å². The Labute approximate surface area is 148 Å². The number of nitro groups is 1. The summed E-state index contributed by atoms with van der Waals surface area (Å²) in [6.07, 6.45) is 0.917. The highest BCUT2D eigenvalue weighted by Gasteiger charge is 2.11. The van der Waals surface area contributed by atoms with Crippen molar-refractivity contribution in [1.82, 2.24) is 0 Å². The van der Waals surface area contributed by atoms with Gasteiger partial charge in [-0.3, -0.25) is 14.9 Å². The summed E-state index contributed by atoms with van der Waals surface area (Å²) in [5, 5.41) is 13.4. The number of non-ortho nitro benzene ring substituents is 1. The van der Waals surface area contributed by atoms with Gasteiger partial charge in [0, 0.05) is 23.0 Å². The number of carbonyl (C=O) groups excluding carboxylic acids is 1. The highest BCUT2D eigenvalue weighted by Crippen LogP contribution is 2.27. The summed E-state index contributed by atoms with van der Waals surface area (Å²) in [4.78, 5) is 22.3. The number of hydrogen-bond donors (Lipinski definition) is 1. The van der Waals surface area contributed by atoms with E-state index in [1.165, 1.54) is 18.2 Å². The maximum absolute atomic E-state index is 12.0. The zero-order valence-corrected chi connectivity index (χ0v) is 14.7. The first kappa shape index (κ1) is 17.9. The molecule has 6 nitrogen and oxygen atoms in total. The van der Waals surface area contributed by atoms with Gasteiger partial charge in [-0.2, -0.15) is 0 Å². The molecule has 0 aliphatic carbocycles. The van der Waals surface area contributed by atoms with Gasteiger partial charge in [0.2, 0.25) is 5.91 Å². The molecule has 2 aromatic rings. The molecule has 0 bridgehead atoms. The zero-order valence-electron chi connectivity index (χ0n) is 13.1. The largest absolute Gasteiger partial charge is 0.494 e. The van der Waals surface area contributed by atoms with Crippen molar-refractivity contribution in [3.05, 3.63) is 62.6 Å². The Hall–Kier alpha value is -2.41. The third kappa shape index (κ3) is 5.06. The normalized spacial score (nSPS) is 10.2. The molecule has 0 unspecified atom stereocenters. The highest BCUT2D eigenvalue weighted by molar-refractivity contribution is 9.10. The average Bonchev–Trinajstić information content (AvgIpc) is 2.56. The van der Waals surface area contributed by atoms with Crippen LogP contribution in [0.15, 0.2) is 46.9 Å². The molecule has 0 heterocycles. The number of nitro benzene ring substituents is 1. The molecule has 7 heteroatoms. The number of nitrogens with one attached hydrogen (secondary N) is 1. The Morgan fingerprint density at radius 2 is 1.96 bits per heavy atom. The molecule has 1 N–H and O–H groups in total. The van der Waals surface area contributed by atoms with Crippen LogP contribution in [0, 0.1) is 10.1 Å². The number of hydrogen-bond acceptors (Lipinski definition) is 4. The molecule has 0 saturated heterocycles. The third-order valence-electron chi connectivity index (χ3n) is 3.31. The van der Waals surface area contributed by atoms with Crippen molar-refractivity contribution >= 4 is 33.2 Å². The van der Waals surface area contributed by atoms with Crippen molar-refractivity contribution in [2.24, 2.45) is 0 Å². The number of aryl methyl sites for hydroxylation is 1. The van der Waals surface area contributed by atoms with E-state index in [0.29, 0.717) is 29.6 Å². The van der Waals surface area contributed by atoms with Crippen LogP contribution in [0.1, 0.15) is 18.9 Å². The van der Waals surface area contributed by atoms with Crippen LogP contribution in [0.2, 0.25) is 0 Å². The van der Waals surface area contributed by atoms with Gasteiger partial charge in [-0.25, -0.2) is 0 Å². The van der Waals surface area contributed by atoms with Gasteiger partial charge in [-0.1, -0.05) is 12.1 Å². The van der Waals surface area contributed by atoms with E-state index < -0.39 is 4.92 Å². The molecule has 126 valence electrons. The Balaban J connectivity index is 1.90. The molecular formula is C17H17BrN2O4. The van der Waals surface area contributed by atoms with Crippen LogP contribution in [0.5, 0.6) is 5.75 Å². The Morgan fingerprint density at radius 1 is 1.25 bits per heavy atom. The quantitative estimate of drug-likeness (QED) is 0.561. The van der Waals surface area contributed by atoms with Gasteiger partial charge < -0.3 is 10.1 Å². The van der Waals surface area contributed by atoms with Crippen molar-refractivity contribution in [2.45, 2.75) is 19.8 Å². The van der Waals surface area contributed by atoms with E-state index in [-0.39, 0.29) is 11.6 Å². The molecule has 0 fully saturated rings. The van der Waals surface area contributed by atoms with Crippen LogP contribution in [0.3, 0.4) is 0 Å². The number of amides is 1. The number of anilines is 1. The van der Waals surface area contributed by atoms with Crippen LogP contribution in [-0.2, 0) is 11.2 Å². The number of halogens is 1. The number of ether oxygens (including phenoxy) is 1. The molecule has 0 aliphatic heterocycles. The first-order valence-corrected chi connectivity index (χ1v) is 8.24. The van der Waals surface area contributed by atoms with Gasteiger partial charge in [-0.05, 0) is 53.0 Å². The predicted molar refractivity (Wildman–Crippen MR) is 95.4 cm³/mol. The molecule has 0 aliphatic rings. The molecule has 0 aromatic heterocycles. The lowest BCUT2D eigenvalue weighted by atomic mass is 10.1. The van der Waals surface area contributed by atoms with E-state index >= 15 is 0 Å². The number of benzene rings is 2. The Bertz CT molecular complexity index is 732. The maximum Gasteiger partial charge on any atom is 0.270 e. The second-order valence-corrected chi connectivity index (χ2v) is 5.90. The summed E-state index contributed by atoms with van der Waals surface area (Å²) in [7, 11) is 0. The smallest absolute Gasteiger partial charge is 0.270 e. The van der Waals surface area contributed by atoms with Crippen LogP contribution < -0.4 is 10.1 Å². The van der Waals surface area contributed by atoms with Crippen molar-refractivity contribution in [1.29, 1.82) is 0 Å². The molecular weight excluding hydrogens is 376 g/mol. The van der Waals surface area contributed by atoms with Crippen molar-refractivity contribution < 1.29 is 14.5 Å². The number of rotatable bonds is 7. The van der Waals surface area contributed by atoms with Gasteiger partial charge in [0.1, 0.15) is 5.75 Å². The number of nitrogens with zero attached hydrogens (tertiary/aromatic N) is 1. The maximum atomic E-state index is 12.0. The van der Waals surface area contributed by atoms with E-state index in [9.17, 15) is 14.9 Å². The van der Waals surface area contributed by atoms with E-state index in [4.69, 9.17) is 4.74 Å². The van der Waals surface area contributed by atoms with E-state index in [1.807, 2.05) is 31.2 Å². The first-order chi connectivity index (χ1) is 11.5. The van der Waals surface area contributed by atoms with Crippen LogP contribution >= 0.6 is 15.9 Å². The molecule has 24 heavy (non-hydrogen) atoms. The zero-order chi connectivity index (χ0) is 17.5. The summed E-state index contributed by atoms with van der Waals surface area (Å²) in [6.45, 7) is 2.54. The topological polar surface area (TPSA) is 81.5 Å². The van der Waals surface area contributed by atoms with Crippen molar-refractivity contribution in [2.75, 3.05) is 11.9 Å². The van der Waals surface area contributed by atoms with Gasteiger partial charge in [0.25, 0.3) is 5.69 Å². The van der Waals surface area contributed by atoms with Gasteiger partial charge >= 0.3 is 0 Å². The second kappa shape index (κ2) is 8.44. The summed E-state index contributed by atoms with van der Waals surface area (Å²) < 4.78 is 5.85. The molecule has 2 rings (SSSR count). The summed E-state index contributed by atoms with van der Waals surface area (Å²) in [6, 6.07) is 11.8. The van der Waals surface area contributed by atoms with E-state index in [2.05, 4.69) is 21.2 Å². The predicted octanol–water partition coefficient (Wildman–Crippen LogP) is 4.33. The monoisotopic (exact) mass is 392 g/mol. The molecule has 0 atom stereocenters. The van der Waals surface area contributed by atoms with Gasteiger partial charge in [0.15, 0.2) is 0 Å². The molecule has 0 saturated carbocycles. The first-order valence-electron chi connectivity index (χ1n) is 7.45. The van der Waals surface area contributed by atoms with E-state index in [1.54, 1.807) is 0 Å². The van der Waals surface area contributed by atoms with Crippen LogP contribution in [-0.4, -0.2) is 17.4 Å². The fraction of sp³-hybridized carbons (Fsp3) is 0.235. The average molecular weight is 393 g/mol. The molecule has 0 radical (unpaired) electrons. The lowest BCUT2D eigenvalue weighted by molar-refractivity contribution is -0.384. The minimum atomic E-state index is -0.484. The van der Waals surface area contributed by atoms with Crippen molar-refractivity contribution in [3.63, 3.8) is 0 Å². The molecule has 0 spiro atoms. The lowest BCUT2D eigenvalue weighted by Crippen LogP contribution is -2.12. The summed E-state index contributed by atoms with van der Waals surface area (Å²) >= 11 is 3.23. The minimum Gasteiger partial charge on any atom is -0.494 e. The molecule has 1 amide bonds. The second-order valence-electron chi connectivity index (χ2n) is 5.05. The van der Waals surface area contributed by atoms with Gasteiger partial charge in [-0.15, -0.1) is 0 Å². The fourth-order valence-corrected chi connectivity index (χ4v) is 2.57. The Morgan fingerprint density at radius 3 is 2.54 bits per heavy atom. The standard InChI is InChI=1S/C17H17BrN2O4/c1-2-24-14-7-3-12(4-8-14)5-10-17(21)19-16-9-6-13(20(22)23)11-15(16)18/h3-4,6-9,11H,2,5,10H2,1H3,(H,19,21). The Kier molecular flexibility index (Phi) is 6.31. The van der Waals surface area contributed by atoms with Crippen LogP contribution in [0.4, 0.5) is 11.4 Å². The minimum absolute atomic E-state index is 0.0331.